The van der Waals surface area contributed by atoms with E-state index in [9.17, 15) is 9.59 Å². The molecule has 0 saturated heterocycles. The SMILES string of the molecule is Cc1ccc(-c2ccc(=O)n(CCCC(=O)NCc3ccccc3)n2)cc1. The first kappa shape index (κ1) is 18.6. The van der Waals surface area contributed by atoms with E-state index >= 15 is 0 Å². The summed E-state index contributed by atoms with van der Waals surface area (Å²) in [6.07, 6.45) is 0.917. The number of carbonyl (C=O) groups is 1. The lowest BCUT2D eigenvalue weighted by Gasteiger charge is -2.08. The van der Waals surface area contributed by atoms with Gasteiger partial charge < -0.3 is 5.32 Å². The van der Waals surface area contributed by atoms with Gasteiger partial charge in [0.15, 0.2) is 0 Å². The van der Waals surface area contributed by atoms with E-state index in [1.807, 2.05) is 61.5 Å². The Hall–Kier alpha value is -3.21. The van der Waals surface area contributed by atoms with Gasteiger partial charge in [-0.15, -0.1) is 0 Å². The van der Waals surface area contributed by atoms with Gasteiger partial charge in [-0.1, -0.05) is 60.2 Å². The van der Waals surface area contributed by atoms with Crippen molar-refractivity contribution in [2.75, 3.05) is 0 Å². The van der Waals surface area contributed by atoms with Crippen LogP contribution < -0.4 is 10.9 Å². The van der Waals surface area contributed by atoms with E-state index in [1.54, 1.807) is 6.07 Å². The van der Waals surface area contributed by atoms with Crippen LogP contribution in [0.5, 0.6) is 0 Å². The van der Waals surface area contributed by atoms with Crippen LogP contribution in [-0.2, 0) is 17.9 Å². The van der Waals surface area contributed by atoms with Gasteiger partial charge in [0, 0.05) is 31.1 Å². The van der Waals surface area contributed by atoms with Crippen LogP contribution in [0.15, 0.2) is 71.5 Å². The highest BCUT2D eigenvalue weighted by Crippen LogP contribution is 2.15. The Labute approximate surface area is 158 Å². The van der Waals surface area contributed by atoms with Crippen molar-refractivity contribution in [3.63, 3.8) is 0 Å². The molecule has 5 heteroatoms. The number of hydrogen-bond donors (Lipinski definition) is 1. The second-order valence-electron chi connectivity index (χ2n) is 6.51. The summed E-state index contributed by atoms with van der Waals surface area (Å²) in [5, 5.41) is 7.33. The summed E-state index contributed by atoms with van der Waals surface area (Å²) in [6, 6.07) is 21.1. The van der Waals surface area contributed by atoms with Crippen LogP contribution in [0.3, 0.4) is 0 Å². The smallest absolute Gasteiger partial charge is 0.266 e. The summed E-state index contributed by atoms with van der Waals surface area (Å²) in [5.74, 6) is -0.0263. The highest BCUT2D eigenvalue weighted by molar-refractivity contribution is 5.75. The molecule has 1 N–H and O–H groups in total. The predicted octanol–water partition coefficient (Wildman–Crippen LogP) is 3.32. The third-order valence-electron chi connectivity index (χ3n) is 4.32. The molecular weight excluding hydrogens is 338 g/mol. The third kappa shape index (κ3) is 5.38. The number of aryl methyl sites for hydroxylation is 2. The van der Waals surface area contributed by atoms with Gasteiger partial charge in [0.25, 0.3) is 5.56 Å². The molecule has 0 radical (unpaired) electrons. The quantitative estimate of drug-likeness (QED) is 0.702. The predicted molar refractivity (Wildman–Crippen MR) is 106 cm³/mol. The number of nitrogens with zero attached hydrogens (tertiary/aromatic N) is 2. The average Bonchev–Trinajstić information content (AvgIpc) is 2.69. The molecule has 0 aliphatic carbocycles. The number of nitrogens with one attached hydrogen (secondary N) is 1. The fourth-order valence-corrected chi connectivity index (χ4v) is 2.76. The van der Waals surface area contributed by atoms with E-state index in [0.29, 0.717) is 25.9 Å². The Balaban J connectivity index is 1.54. The Bertz CT molecular complexity index is 947. The number of rotatable bonds is 7. The molecule has 3 rings (SSSR count). The summed E-state index contributed by atoms with van der Waals surface area (Å²) < 4.78 is 1.43. The summed E-state index contributed by atoms with van der Waals surface area (Å²) in [7, 11) is 0. The van der Waals surface area contributed by atoms with E-state index in [4.69, 9.17) is 0 Å². The van der Waals surface area contributed by atoms with Crippen LogP contribution in [0.2, 0.25) is 0 Å². The van der Waals surface area contributed by atoms with Crippen LogP contribution in [0.25, 0.3) is 11.3 Å². The molecule has 5 nitrogen and oxygen atoms in total. The van der Waals surface area contributed by atoms with Crippen LogP contribution in [-0.4, -0.2) is 15.7 Å². The second kappa shape index (κ2) is 8.94. The van der Waals surface area contributed by atoms with E-state index in [-0.39, 0.29) is 11.5 Å². The Morgan fingerprint density at radius 2 is 1.74 bits per heavy atom. The zero-order chi connectivity index (χ0) is 19.1. The van der Waals surface area contributed by atoms with Gasteiger partial charge >= 0.3 is 0 Å². The molecule has 1 aromatic heterocycles. The topological polar surface area (TPSA) is 64.0 Å². The maximum atomic E-state index is 12.0. The van der Waals surface area contributed by atoms with Crippen molar-refractivity contribution in [3.8, 4) is 11.3 Å². The minimum atomic E-state index is -0.157. The molecular formula is C22H23N3O2. The molecule has 27 heavy (non-hydrogen) atoms. The fourth-order valence-electron chi connectivity index (χ4n) is 2.76. The normalized spacial score (nSPS) is 10.6. The maximum Gasteiger partial charge on any atom is 0.266 e. The zero-order valence-electron chi connectivity index (χ0n) is 15.4. The van der Waals surface area contributed by atoms with E-state index in [0.717, 1.165) is 16.8 Å². The fraction of sp³-hybridized carbons (Fsp3) is 0.227. The number of aromatic nitrogens is 2. The lowest BCUT2D eigenvalue weighted by Crippen LogP contribution is -2.25. The molecule has 0 spiro atoms. The lowest BCUT2D eigenvalue weighted by atomic mass is 10.1. The highest BCUT2D eigenvalue weighted by Gasteiger charge is 2.06. The van der Waals surface area contributed by atoms with Crippen molar-refractivity contribution in [2.45, 2.75) is 32.9 Å². The van der Waals surface area contributed by atoms with Crippen LogP contribution in [0, 0.1) is 6.92 Å². The molecule has 138 valence electrons. The van der Waals surface area contributed by atoms with Gasteiger partial charge in [-0.25, -0.2) is 4.68 Å². The van der Waals surface area contributed by atoms with E-state index < -0.39 is 0 Å². The summed E-state index contributed by atoms with van der Waals surface area (Å²) in [4.78, 5) is 24.0. The molecule has 0 unspecified atom stereocenters. The van der Waals surface area contributed by atoms with Gasteiger partial charge in [0.1, 0.15) is 0 Å². The second-order valence-corrected chi connectivity index (χ2v) is 6.51. The summed E-state index contributed by atoms with van der Waals surface area (Å²) in [6.45, 7) is 2.96. The molecule has 0 aliphatic heterocycles. The Kier molecular flexibility index (Phi) is 6.15. The van der Waals surface area contributed by atoms with E-state index in [1.165, 1.54) is 16.3 Å². The molecule has 1 heterocycles. The van der Waals surface area contributed by atoms with Gasteiger partial charge in [0.05, 0.1) is 5.69 Å². The van der Waals surface area contributed by atoms with E-state index in [2.05, 4.69) is 10.4 Å². The number of hydrogen-bond acceptors (Lipinski definition) is 3. The summed E-state index contributed by atoms with van der Waals surface area (Å²) >= 11 is 0. The third-order valence-corrected chi connectivity index (χ3v) is 4.32. The highest BCUT2D eigenvalue weighted by atomic mass is 16.1. The van der Waals surface area contributed by atoms with Crippen molar-refractivity contribution >= 4 is 5.91 Å². The molecule has 0 atom stereocenters. The van der Waals surface area contributed by atoms with Crippen molar-refractivity contribution in [1.82, 2.24) is 15.1 Å². The molecule has 2 aromatic carbocycles. The molecule has 0 bridgehead atoms. The maximum absolute atomic E-state index is 12.0. The Morgan fingerprint density at radius 3 is 2.48 bits per heavy atom. The molecule has 1 amide bonds. The first-order valence-electron chi connectivity index (χ1n) is 9.08. The zero-order valence-corrected chi connectivity index (χ0v) is 15.4. The largest absolute Gasteiger partial charge is 0.352 e. The lowest BCUT2D eigenvalue weighted by molar-refractivity contribution is -0.121. The van der Waals surface area contributed by atoms with Crippen molar-refractivity contribution in [2.24, 2.45) is 0 Å². The number of amides is 1. The van der Waals surface area contributed by atoms with Gasteiger partial charge in [-0.2, -0.15) is 5.10 Å². The minimum Gasteiger partial charge on any atom is -0.352 e. The summed E-state index contributed by atoms with van der Waals surface area (Å²) in [5.41, 5.74) is 3.80. The Morgan fingerprint density at radius 1 is 1.00 bits per heavy atom. The van der Waals surface area contributed by atoms with Crippen molar-refractivity contribution in [1.29, 1.82) is 0 Å². The first-order valence-corrected chi connectivity index (χ1v) is 9.08. The van der Waals surface area contributed by atoms with Crippen LogP contribution >= 0.6 is 0 Å². The van der Waals surface area contributed by atoms with Gasteiger partial charge in [0.2, 0.25) is 5.91 Å². The number of carbonyl (C=O) groups excluding carboxylic acids is 1. The van der Waals surface area contributed by atoms with Gasteiger partial charge in [-0.05, 0) is 25.0 Å². The van der Waals surface area contributed by atoms with Crippen molar-refractivity contribution in [3.05, 3.63) is 88.2 Å². The molecule has 0 aliphatic rings. The number of benzene rings is 2. The minimum absolute atomic E-state index is 0.0263. The van der Waals surface area contributed by atoms with Crippen molar-refractivity contribution < 1.29 is 4.79 Å². The van der Waals surface area contributed by atoms with Crippen LogP contribution in [0.1, 0.15) is 24.0 Å². The van der Waals surface area contributed by atoms with Gasteiger partial charge in [-0.3, -0.25) is 9.59 Å². The molecule has 0 fully saturated rings. The standard InChI is InChI=1S/C22H23N3O2/c1-17-9-11-19(12-10-17)20-13-14-22(27)25(24-20)15-5-8-21(26)23-16-18-6-3-2-4-7-18/h2-4,6-7,9-14H,5,8,15-16H2,1H3,(H,23,26). The molecule has 0 saturated carbocycles. The average molecular weight is 361 g/mol. The monoisotopic (exact) mass is 361 g/mol. The van der Waals surface area contributed by atoms with Crippen LogP contribution in [0.4, 0.5) is 0 Å². The first-order chi connectivity index (χ1) is 13.1. The molecule has 3 aromatic rings.